The third kappa shape index (κ3) is 5.82. The van der Waals surface area contributed by atoms with E-state index in [4.69, 9.17) is 9.47 Å². The number of allylic oxidation sites excluding steroid dienone is 2. The monoisotopic (exact) mass is 272 g/mol. The number of aliphatic hydroxyl groups is 2. The topological polar surface area (TPSA) is 76.0 Å². The van der Waals surface area contributed by atoms with E-state index in [2.05, 4.69) is 0 Å². The van der Waals surface area contributed by atoms with Crippen LogP contribution in [0.4, 0.5) is 0 Å². The van der Waals surface area contributed by atoms with Crippen molar-refractivity contribution in [3.8, 4) is 0 Å². The SMILES string of the molecule is CC(=O)/C=C/CC[C@@H](C)O[C@@H]1OC(C)[C@H](O)C[C@@H]1O. The predicted molar refractivity (Wildman–Crippen MR) is 70.6 cm³/mol. The van der Waals surface area contributed by atoms with Crippen LogP contribution in [0.25, 0.3) is 0 Å². The standard InChI is InChI=1S/C14H24O5/c1-9(15)6-4-5-7-10(2)18-14-13(17)8-12(16)11(3)19-14/h4,6,10-14,16-17H,5,7-8H2,1-3H3/b6-4+/t10-,11?,12-,13+,14-/m1/s1. The van der Waals surface area contributed by atoms with Gasteiger partial charge in [0.1, 0.15) is 6.10 Å². The molecule has 1 aliphatic rings. The molecule has 1 rings (SSSR count). The van der Waals surface area contributed by atoms with Gasteiger partial charge in [0.2, 0.25) is 0 Å². The van der Waals surface area contributed by atoms with Gasteiger partial charge in [-0.2, -0.15) is 0 Å². The molecule has 2 N–H and O–H groups in total. The van der Waals surface area contributed by atoms with Crippen molar-refractivity contribution in [3.63, 3.8) is 0 Å². The van der Waals surface area contributed by atoms with E-state index in [1.54, 1.807) is 6.92 Å². The molecule has 1 heterocycles. The number of ketones is 1. The minimum atomic E-state index is -0.804. The fraction of sp³-hybridized carbons (Fsp3) is 0.786. The number of aliphatic hydroxyl groups excluding tert-OH is 2. The van der Waals surface area contributed by atoms with Gasteiger partial charge in [-0.05, 0) is 39.7 Å². The summed E-state index contributed by atoms with van der Waals surface area (Å²) in [7, 11) is 0. The summed E-state index contributed by atoms with van der Waals surface area (Å²) in [6.07, 6.45) is 2.54. The normalized spacial score (nSPS) is 33.5. The highest BCUT2D eigenvalue weighted by Gasteiger charge is 2.35. The second-order valence-electron chi connectivity index (χ2n) is 5.12. The largest absolute Gasteiger partial charge is 0.390 e. The van der Waals surface area contributed by atoms with Gasteiger partial charge in [0.15, 0.2) is 12.1 Å². The van der Waals surface area contributed by atoms with E-state index in [0.29, 0.717) is 0 Å². The first kappa shape index (κ1) is 16.3. The number of ether oxygens (including phenoxy) is 2. The number of rotatable bonds is 6. The first-order chi connectivity index (χ1) is 8.90. The molecule has 0 aliphatic carbocycles. The zero-order valence-electron chi connectivity index (χ0n) is 11.8. The maximum Gasteiger partial charge on any atom is 0.184 e. The Morgan fingerprint density at radius 3 is 2.79 bits per heavy atom. The lowest BCUT2D eigenvalue weighted by Gasteiger charge is -2.36. The molecule has 1 unspecified atom stereocenters. The van der Waals surface area contributed by atoms with Crippen molar-refractivity contribution in [1.82, 2.24) is 0 Å². The molecule has 1 saturated heterocycles. The molecule has 5 heteroatoms. The molecule has 0 aromatic rings. The van der Waals surface area contributed by atoms with E-state index < -0.39 is 18.5 Å². The Labute approximate surface area is 114 Å². The van der Waals surface area contributed by atoms with E-state index in [-0.39, 0.29) is 24.4 Å². The average molecular weight is 272 g/mol. The van der Waals surface area contributed by atoms with Gasteiger partial charge in [0.05, 0.1) is 18.3 Å². The van der Waals surface area contributed by atoms with Crippen molar-refractivity contribution >= 4 is 5.78 Å². The third-order valence-electron chi connectivity index (χ3n) is 3.15. The molecule has 0 aromatic carbocycles. The molecular formula is C14H24O5. The fourth-order valence-electron chi connectivity index (χ4n) is 1.94. The molecule has 1 aliphatic heterocycles. The second kappa shape index (κ2) is 7.75. The molecule has 0 spiro atoms. The molecule has 0 bridgehead atoms. The molecule has 0 aromatic heterocycles. The van der Waals surface area contributed by atoms with Crippen molar-refractivity contribution in [1.29, 1.82) is 0 Å². The summed E-state index contributed by atoms with van der Waals surface area (Å²) in [5.41, 5.74) is 0. The van der Waals surface area contributed by atoms with E-state index in [9.17, 15) is 15.0 Å². The van der Waals surface area contributed by atoms with Gasteiger partial charge in [-0.1, -0.05) is 6.08 Å². The zero-order valence-corrected chi connectivity index (χ0v) is 11.8. The molecule has 0 radical (unpaired) electrons. The van der Waals surface area contributed by atoms with Crippen LogP contribution < -0.4 is 0 Å². The summed E-state index contributed by atoms with van der Waals surface area (Å²) in [6, 6.07) is 0. The van der Waals surface area contributed by atoms with Crippen molar-refractivity contribution in [3.05, 3.63) is 12.2 Å². The van der Waals surface area contributed by atoms with Crippen molar-refractivity contribution in [2.75, 3.05) is 0 Å². The Kier molecular flexibility index (Phi) is 6.65. The van der Waals surface area contributed by atoms with E-state index in [1.165, 1.54) is 13.0 Å². The highest BCUT2D eigenvalue weighted by molar-refractivity contribution is 5.87. The smallest absolute Gasteiger partial charge is 0.184 e. The van der Waals surface area contributed by atoms with E-state index in [0.717, 1.165) is 12.8 Å². The zero-order chi connectivity index (χ0) is 14.4. The highest BCUT2D eigenvalue weighted by atomic mass is 16.7. The molecule has 110 valence electrons. The van der Waals surface area contributed by atoms with Crippen molar-refractivity contribution in [2.45, 2.75) is 70.7 Å². The minimum absolute atomic E-state index is 0.0300. The first-order valence-corrected chi connectivity index (χ1v) is 6.74. The maximum absolute atomic E-state index is 10.7. The van der Waals surface area contributed by atoms with Gasteiger partial charge < -0.3 is 19.7 Å². The lowest BCUT2D eigenvalue weighted by atomic mass is 10.0. The van der Waals surface area contributed by atoms with Gasteiger partial charge in [0.25, 0.3) is 0 Å². The van der Waals surface area contributed by atoms with Gasteiger partial charge in [0, 0.05) is 6.42 Å². The maximum atomic E-state index is 10.7. The van der Waals surface area contributed by atoms with Crippen LogP contribution in [0.5, 0.6) is 0 Å². The Morgan fingerprint density at radius 1 is 1.47 bits per heavy atom. The molecule has 1 fully saturated rings. The van der Waals surface area contributed by atoms with Crippen LogP contribution in [-0.4, -0.2) is 46.7 Å². The lowest BCUT2D eigenvalue weighted by molar-refractivity contribution is -0.273. The highest BCUT2D eigenvalue weighted by Crippen LogP contribution is 2.22. The first-order valence-electron chi connectivity index (χ1n) is 6.74. The van der Waals surface area contributed by atoms with Crippen LogP contribution in [-0.2, 0) is 14.3 Å². The number of carbonyl (C=O) groups is 1. The van der Waals surface area contributed by atoms with Crippen LogP contribution in [0.2, 0.25) is 0 Å². The van der Waals surface area contributed by atoms with Gasteiger partial charge >= 0.3 is 0 Å². The Hall–Kier alpha value is -0.750. The molecule has 0 saturated carbocycles. The Morgan fingerprint density at radius 2 is 2.16 bits per heavy atom. The van der Waals surface area contributed by atoms with Crippen LogP contribution in [0.1, 0.15) is 40.0 Å². The third-order valence-corrected chi connectivity index (χ3v) is 3.15. The predicted octanol–water partition coefficient (Wildman–Crippen LogP) is 1.17. The minimum Gasteiger partial charge on any atom is -0.390 e. The van der Waals surface area contributed by atoms with Gasteiger partial charge in [-0.15, -0.1) is 0 Å². The number of carbonyl (C=O) groups excluding carboxylic acids is 1. The van der Waals surface area contributed by atoms with E-state index in [1.807, 2.05) is 13.0 Å². The fourth-order valence-corrected chi connectivity index (χ4v) is 1.94. The second-order valence-corrected chi connectivity index (χ2v) is 5.12. The summed E-state index contributed by atoms with van der Waals surface area (Å²) >= 11 is 0. The average Bonchev–Trinajstić information content (AvgIpc) is 2.31. The quantitative estimate of drug-likeness (QED) is 0.710. The van der Waals surface area contributed by atoms with Crippen LogP contribution in [0, 0.1) is 0 Å². The summed E-state index contributed by atoms with van der Waals surface area (Å²) in [6.45, 7) is 5.16. The van der Waals surface area contributed by atoms with Gasteiger partial charge in [-0.25, -0.2) is 0 Å². The summed E-state index contributed by atoms with van der Waals surface area (Å²) < 4.78 is 11.1. The Balaban J connectivity index is 2.31. The Bertz CT molecular complexity index is 315. The summed E-state index contributed by atoms with van der Waals surface area (Å²) in [4.78, 5) is 10.7. The number of hydrogen-bond acceptors (Lipinski definition) is 5. The van der Waals surface area contributed by atoms with Crippen LogP contribution in [0.15, 0.2) is 12.2 Å². The molecule has 19 heavy (non-hydrogen) atoms. The molecule has 0 amide bonds. The summed E-state index contributed by atoms with van der Waals surface area (Å²) in [5.74, 6) is 0.0300. The number of hydrogen-bond donors (Lipinski definition) is 2. The van der Waals surface area contributed by atoms with E-state index >= 15 is 0 Å². The molecule has 5 atom stereocenters. The lowest BCUT2D eigenvalue weighted by Crippen LogP contribution is -2.48. The van der Waals surface area contributed by atoms with Crippen molar-refractivity contribution in [2.24, 2.45) is 0 Å². The van der Waals surface area contributed by atoms with Crippen molar-refractivity contribution < 1.29 is 24.5 Å². The molecule has 5 nitrogen and oxygen atoms in total. The van der Waals surface area contributed by atoms with Crippen LogP contribution in [0.3, 0.4) is 0 Å². The van der Waals surface area contributed by atoms with Crippen LogP contribution >= 0.6 is 0 Å². The van der Waals surface area contributed by atoms with Gasteiger partial charge in [-0.3, -0.25) is 4.79 Å². The molecular weight excluding hydrogens is 248 g/mol. The summed E-state index contributed by atoms with van der Waals surface area (Å²) in [5, 5.41) is 19.3.